The summed E-state index contributed by atoms with van der Waals surface area (Å²) >= 11 is 6.10. The fourth-order valence-corrected chi connectivity index (χ4v) is 2.84. The molecule has 0 bridgehead atoms. The van der Waals surface area contributed by atoms with Crippen molar-refractivity contribution in [2.75, 3.05) is 0 Å². The molecule has 0 amide bonds. The minimum Gasteiger partial charge on any atom is -0.275 e. The largest absolute Gasteiger partial charge is 0.275 e. The molecule has 2 aromatic carbocycles. The zero-order valence-electron chi connectivity index (χ0n) is 11.7. The maximum atomic E-state index is 14.1. The summed E-state index contributed by atoms with van der Waals surface area (Å²) < 4.78 is 29.3. The van der Waals surface area contributed by atoms with Gasteiger partial charge in [-0.15, -0.1) is 0 Å². The maximum absolute atomic E-state index is 14.1. The molecule has 0 N–H and O–H groups in total. The first-order chi connectivity index (χ1) is 10.5. The fraction of sp³-hybridized carbons (Fsp3) is 0.118. The van der Waals surface area contributed by atoms with E-state index in [1.807, 2.05) is 6.92 Å². The molecule has 0 saturated carbocycles. The molecule has 0 aliphatic carbocycles. The second kappa shape index (κ2) is 5.54. The summed E-state index contributed by atoms with van der Waals surface area (Å²) in [7, 11) is 0. The van der Waals surface area contributed by atoms with E-state index in [1.54, 1.807) is 24.3 Å². The Bertz CT molecular complexity index is 914. The van der Waals surface area contributed by atoms with Crippen LogP contribution in [0.2, 0.25) is 5.02 Å². The van der Waals surface area contributed by atoms with Gasteiger partial charge in [0.15, 0.2) is 0 Å². The van der Waals surface area contributed by atoms with E-state index in [0.29, 0.717) is 17.5 Å². The Labute approximate surface area is 130 Å². The van der Waals surface area contributed by atoms with Crippen molar-refractivity contribution in [2.45, 2.75) is 13.3 Å². The number of para-hydroxylation sites is 1. The Balaban J connectivity index is 2.51. The third-order valence-electron chi connectivity index (χ3n) is 3.60. The zero-order chi connectivity index (χ0) is 15.9. The number of fused-ring (bicyclic) bond motifs is 1. The van der Waals surface area contributed by atoms with Crippen LogP contribution in [-0.4, -0.2) is 4.57 Å². The van der Waals surface area contributed by atoms with Crippen LogP contribution < -0.4 is 5.56 Å². The average molecular weight is 320 g/mol. The van der Waals surface area contributed by atoms with E-state index in [9.17, 15) is 13.6 Å². The van der Waals surface area contributed by atoms with E-state index in [2.05, 4.69) is 0 Å². The van der Waals surface area contributed by atoms with Gasteiger partial charge in [0, 0.05) is 5.69 Å². The average Bonchev–Trinajstić information content (AvgIpc) is 2.48. The lowest BCUT2D eigenvalue weighted by Gasteiger charge is -2.15. The number of halogens is 3. The van der Waals surface area contributed by atoms with Crippen molar-refractivity contribution in [2.24, 2.45) is 0 Å². The first-order valence-corrected chi connectivity index (χ1v) is 7.20. The molecule has 2 nitrogen and oxygen atoms in total. The Hall–Kier alpha value is -2.20. The van der Waals surface area contributed by atoms with Crippen molar-refractivity contribution in [3.63, 3.8) is 0 Å². The van der Waals surface area contributed by atoms with Crippen molar-refractivity contribution in [1.29, 1.82) is 0 Å². The van der Waals surface area contributed by atoms with Gasteiger partial charge >= 0.3 is 0 Å². The van der Waals surface area contributed by atoms with Gasteiger partial charge in [0.25, 0.3) is 5.56 Å². The highest BCUT2D eigenvalue weighted by Crippen LogP contribution is 2.24. The predicted octanol–water partition coefficient (Wildman–Crippen LogP) is 4.48. The molecule has 3 rings (SSSR count). The molecule has 0 atom stereocenters. The lowest BCUT2D eigenvalue weighted by atomic mass is 10.1. The summed E-state index contributed by atoms with van der Waals surface area (Å²) in [6, 6.07) is 10.3. The third kappa shape index (κ3) is 2.20. The number of nitrogens with zero attached hydrogens (tertiary/aromatic N) is 1. The Kier molecular flexibility index (Phi) is 3.71. The molecule has 0 fully saturated rings. The van der Waals surface area contributed by atoms with Gasteiger partial charge in [-0.2, -0.15) is 0 Å². The van der Waals surface area contributed by atoms with Crippen LogP contribution in [0.4, 0.5) is 8.78 Å². The number of rotatable bonds is 2. The van der Waals surface area contributed by atoms with E-state index in [4.69, 9.17) is 11.6 Å². The summed E-state index contributed by atoms with van der Waals surface area (Å²) in [4.78, 5) is 12.8. The number of benzene rings is 2. The lowest BCUT2D eigenvalue weighted by molar-refractivity contribution is 0.564. The fourth-order valence-electron chi connectivity index (χ4n) is 2.58. The van der Waals surface area contributed by atoms with Gasteiger partial charge in [-0.05, 0) is 36.1 Å². The normalized spacial score (nSPS) is 11.1. The molecule has 3 aromatic rings. The molecule has 0 aliphatic heterocycles. The summed E-state index contributed by atoms with van der Waals surface area (Å²) in [5.41, 5.74) is -0.376. The molecule has 0 saturated heterocycles. The highest BCUT2D eigenvalue weighted by molar-refractivity contribution is 6.35. The minimum atomic E-state index is -0.789. The molecule has 1 heterocycles. The lowest BCUT2D eigenvalue weighted by Crippen LogP contribution is -2.24. The molecular formula is C17H12ClF2NO. The predicted molar refractivity (Wildman–Crippen MR) is 83.8 cm³/mol. The number of hydrogen-bond acceptors (Lipinski definition) is 1. The van der Waals surface area contributed by atoms with Crippen LogP contribution in [-0.2, 0) is 6.42 Å². The first kappa shape index (κ1) is 14.7. The van der Waals surface area contributed by atoms with Crippen molar-refractivity contribution in [3.05, 3.63) is 75.2 Å². The molecule has 0 spiro atoms. The second-order valence-electron chi connectivity index (χ2n) is 4.90. The molecule has 5 heteroatoms. The van der Waals surface area contributed by atoms with Gasteiger partial charge in [-0.25, -0.2) is 8.78 Å². The molecular weight excluding hydrogens is 308 g/mol. The second-order valence-corrected chi connectivity index (χ2v) is 5.31. The van der Waals surface area contributed by atoms with Crippen LogP contribution in [0, 0.1) is 11.6 Å². The number of hydrogen-bond donors (Lipinski definition) is 0. The van der Waals surface area contributed by atoms with Gasteiger partial charge in [-0.3, -0.25) is 9.36 Å². The first-order valence-electron chi connectivity index (χ1n) is 6.82. The number of aromatic nitrogens is 1. The van der Waals surface area contributed by atoms with Crippen LogP contribution in [0.1, 0.15) is 12.6 Å². The molecule has 0 unspecified atom stereocenters. The van der Waals surface area contributed by atoms with Gasteiger partial charge < -0.3 is 0 Å². The monoisotopic (exact) mass is 319 g/mol. The van der Waals surface area contributed by atoms with E-state index < -0.39 is 17.2 Å². The van der Waals surface area contributed by atoms with Gasteiger partial charge in [0.1, 0.15) is 17.3 Å². The summed E-state index contributed by atoms with van der Waals surface area (Å²) in [6.07, 6.45) is 0.450. The topological polar surface area (TPSA) is 22.0 Å². The minimum absolute atomic E-state index is 0.254. The van der Waals surface area contributed by atoms with Crippen LogP contribution in [0.15, 0.2) is 47.3 Å². The number of aryl methyl sites for hydroxylation is 1. The van der Waals surface area contributed by atoms with Crippen molar-refractivity contribution in [3.8, 4) is 5.69 Å². The van der Waals surface area contributed by atoms with E-state index in [1.165, 1.54) is 6.07 Å². The number of pyridine rings is 1. The third-order valence-corrected chi connectivity index (χ3v) is 3.91. The molecule has 112 valence electrons. The van der Waals surface area contributed by atoms with Crippen LogP contribution in [0.25, 0.3) is 16.5 Å². The van der Waals surface area contributed by atoms with Gasteiger partial charge in [0.05, 0.1) is 10.4 Å². The zero-order valence-corrected chi connectivity index (χ0v) is 12.5. The van der Waals surface area contributed by atoms with E-state index in [-0.39, 0.29) is 16.1 Å². The maximum Gasteiger partial charge on any atom is 0.264 e. The quantitative estimate of drug-likeness (QED) is 0.682. The Morgan fingerprint density at radius 1 is 1.09 bits per heavy atom. The van der Waals surface area contributed by atoms with E-state index >= 15 is 0 Å². The molecule has 0 radical (unpaired) electrons. The molecule has 22 heavy (non-hydrogen) atoms. The highest BCUT2D eigenvalue weighted by atomic mass is 35.5. The van der Waals surface area contributed by atoms with Gasteiger partial charge in [0.2, 0.25) is 0 Å². The Morgan fingerprint density at radius 3 is 2.36 bits per heavy atom. The van der Waals surface area contributed by atoms with E-state index in [0.717, 1.165) is 16.7 Å². The van der Waals surface area contributed by atoms with Crippen molar-refractivity contribution >= 4 is 22.4 Å². The Morgan fingerprint density at radius 2 is 1.73 bits per heavy atom. The summed E-state index contributed by atoms with van der Waals surface area (Å²) in [5.74, 6) is -1.58. The summed E-state index contributed by atoms with van der Waals surface area (Å²) in [6.45, 7) is 1.82. The van der Waals surface area contributed by atoms with Crippen LogP contribution in [0.3, 0.4) is 0 Å². The summed E-state index contributed by atoms with van der Waals surface area (Å²) in [5, 5.41) is 1.17. The molecule has 0 aliphatic rings. The van der Waals surface area contributed by atoms with Crippen LogP contribution in [0.5, 0.6) is 0 Å². The van der Waals surface area contributed by atoms with Crippen LogP contribution >= 0.6 is 11.6 Å². The van der Waals surface area contributed by atoms with Gasteiger partial charge in [-0.1, -0.05) is 36.7 Å². The highest BCUT2D eigenvalue weighted by Gasteiger charge is 2.18. The smallest absolute Gasteiger partial charge is 0.264 e. The molecule has 1 aromatic heterocycles. The SMILES string of the molecule is CCc1cc2cccc(Cl)c2c(=O)n1-c1c(F)cccc1F. The van der Waals surface area contributed by atoms with Crippen molar-refractivity contribution < 1.29 is 8.78 Å². The van der Waals surface area contributed by atoms with Crippen molar-refractivity contribution in [1.82, 2.24) is 4.57 Å². The standard InChI is InChI=1S/C17H12ClF2NO/c1-2-11-9-10-5-3-6-12(18)15(10)17(22)21(11)16-13(19)7-4-8-14(16)20/h3-9H,2H2,1H3.